The van der Waals surface area contributed by atoms with Crippen molar-refractivity contribution in [3.05, 3.63) is 29.8 Å². The third-order valence-corrected chi connectivity index (χ3v) is 5.62. The quantitative estimate of drug-likeness (QED) is 0.907. The molecule has 0 amide bonds. The maximum Gasteiger partial charge on any atom is 0.175 e. The number of hydrogen-bond acceptors (Lipinski definition) is 4. The fourth-order valence-corrected chi connectivity index (χ4v) is 3.73. The van der Waals surface area contributed by atoms with Crippen LogP contribution in [0.4, 0.5) is 0 Å². The van der Waals surface area contributed by atoms with Gasteiger partial charge in [-0.3, -0.25) is 0 Å². The third kappa shape index (κ3) is 3.47. The first kappa shape index (κ1) is 15.0. The van der Waals surface area contributed by atoms with Crippen molar-refractivity contribution in [2.24, 2.45) is 5.92 Å². The molecule has 1 saturated carbocycles. The molecule has 0 aromatic heterocycles. The molecule has 1 heterocycles. The van der Waals surface area contributed by atoms with Crippen LogP contribution in [-0.4, -0.2) is 33.4 Å². The van der Waals surface area contributed by atoms with Crippen molar-refractivity contribution in [2.45, 2.75) is 49.3 Å². The number of hydrogen-bond donors (Lipinski definition) is 1. The second-order valence-electron chi connectivity index (χ2n) is 6.30. The lowest BCUT2D eigenvalue weighted by atomic mass is 10.0. The van der Waals surface area contributed by atoms with Crippen molar-refractivity contribution in [3.8, 4) is 0 Å². The van der Waals surface area contributed by atoms with Crippen molar-refractivity contribution in [1.82, 2.24) is 5.32 Å². The van der Waals surface area contributed by atoms with E-state index in [9.17, 15) is 8.42 Å². The first-order chi connectivity index (χ1) is 9.95. The smallest absolute Gasteiger partial charge is 0.175 e. The van der Waals surface area contributed by atoms with Gasteiger partial charge in [-0.1, -0.05) is 12.1 Å². The van der Waals surface area contributed by atoms with Crippen LogP contribution in [0, 0.1) is 5.92 Å². The average Bonchev–Trinajstić information content (AvgIpc) is 3.18. The molecule has 2 aliphatic rings. The average molecular weight is 309 g/mol. The molecule has 1 saturated heterocycles. The molecule has 1 N–H and O–H groups in total. The van der Waals surface area contributed by atoms with Crippen LogP contribution in [0.25, 0.3) is 0 Å². The Labute approximate surface area is 126 Å². The summed E-state index contributed by atoms with van der Waals surface area (Å²) < 4.78 is 28.8. The number of benzene rings is 1. The predicted molar refractivity (Wildman–Crippen MR) is 82.0 cm³/mol. The van der Waals surface area contributed by atoms with Gasteiger partial charge in [0.1, 0.15) is 0 Å². The van der Waals surface area contributed by atoms with E-state index in [-0.39, 0.29) is 6.04 Å². The minimum Gasteiger partial charge on any atom is -0.376 e. The molecular formula is C16H23NO3S. The van der Waals surface area contributed by atoms with Crippen molar-refractivity contribution < 1.29 is 13.2 Å². The molecule has 116 valence electrons. The lowest BCUT2D eigenvalue weighted by Gasteiger charge is -2.24. The highest BCUT2D eigenvalue weighted by atomic mass is 32.2. The first-order valence-electron chi connectivity index (χ1n) is 7.63. The van der Waals surface area contributed by atoms with E-state index in [2.05, 4.69) is 12.2 Å². The van der Waals surface area contributed by atoms with Gasteiger partial charge in [0, 0.05) is 24.9 Å². The van der Waals surface area contributed by atoms with Gasteiger partial charge in [0.15, 0.2) is 9.84 Å². The molecule has 0 spiro atoms. The summed E-state index contributed by atoms with van der Waals surface area (Å²) in [5.74, 6) is 0.741. The number of nitrogens with one attached hydrogen (secondary N) is 1. The molecule has 2 fully saturated rings. The van der Waals surface area contributed by atoms with Crippen molar-refractivity contribution >= 4 is 9.84 Å². The summed E-state index contributed by atoms with van der Waals surface area (Å²) in [6, 6.07) is 7.79. The van der Waals surface area contributed by atoms with Crippen molar-refractivity contribution in [2.75, 3.05) is 12.9 Å². The zero-order valence-electron chi connectivity index (χ0n) is 12.6. The molecular weight excluding hydrogens is 286 g/mol. The van der Waals surface area contributed by atoms with E-state index in [0.29, 0.717) is 17.0 Å². The van der Waals surface area contributed by atoms with E-state index in [1.165, 1.54) is 19.1 Å². The minimum absolute atomic E-state index is 0.201. The molecule has 3 atom stereocenters. The number of rotatable bonds is 5. The highest BCUT2D eigenvalue weighted by Crippen LogP contribution is 2.39. The van der Waals surface area contributed by atoms with E-state index in [1.54, 1.807) is 12.1 Å². The van der Waals surface area contributed by atoms with Gasteiger partial charge in [-0.25, -0.2) is 8.42 Å². The summed E-state index contributed by atoms with van der Waals surface area (Å²) in [5, 5.41) is 3.65. The zero-order chi connectivity index (χ0) is 15.0. The van der Waals surface area contributed by atoms with Crippen molar-refractivity contribution in [3.63, 3.8) is 0 Å². The normalized spacial score (nSPS) is 27.7. The van der Waals surface area contributed by atoms with Gasteiger partial charge >= 0.3 is 0 Å². The van der Waals surface area contributed by atoms with Crippen molar-refractivity contribution in [1.29, 1.82) is 0 Å². The second kappa shape index (κ2) is 5.71. The van der Waals surface area contributed by atoms with E-state index < -0.39 is 9.84 Å². The fourth-order valence-electron chi connectivity index (χ4n) is 3.10. The van der Waals surface area contributed by atoms with E-state index in [1.807, 2.05) is 12.1 Å². The van der Waals surface area contributed by atoms with Crippen LogP contribution in [0.2, 0.25) is 0 Å². The second-order valence-corrected chi connectivity index (χ2v) is 8.31. The van der Waals surface area contributed by atoms with Crippen LogP contribution in [-0.2, 0) is 14.6 Å². The van der Waals surface area contributed by atoms with Crippen LogP contribution in [0.5, 0.6) is 0 Å². The highest BCUT2D eigenvalue weighted by molar-refractivity contribution is 7.90. The molecule has 1 aromatic carbocycles. The van der Waals surface area contributed by atoms with Crippen LogP contribution in [0.3, 0.4) is 0 Å². The summed E-state index contributed by atoms with van der Waals surface area (Å²) in [6.45, 7) is 2.97. The van der Waals surface area contributed by atoms with Crippen LogP contribution in [0.1, 0.15) is 37.8 Å². The first-order valence-corrected chi connectivity index (χ1v) is 9.52. The standard InChI is InChI=1S/C16H23NO3S/c1-11(12-5-7-14(8-6-12)21(2,18)19)17-15-9-10-20-16(15)13-3-4-13/h5-8,11,13,15-17H,3-4,9-10H2,1-2H3. The van der Waals surface area contributed by atoms with Gasteiger partial charge in [0.05, 0.1) is 11.0 Å². The Kier molecular flexibility index (Phi) is 4.08. The third-order valence-electron chi connectivity index (χ3n) is 4.49. The van der Waals surface area contributed by atoms with E-state index in [0.717, 1.165) is 24.5 Å². The molecule has 21 heavy (non-hydrogen) atoms. The van der Waals surface area contributed by atoms with Crippen LogP contribution in [0.15, 0.2) is 29.2 Å². The van der Waals surface area contributed by atoms with E-state index >= 15 is 0 Å². The molecule has 3 rings (SSSR count). The summed E-state index contributed by atoms with van der Waals surface area (Å²) in [4.78, 5) is 0.374. The number of ether oxygens (including phenoxy) is 1. The lowest BCUT2D eigenvalue weighted by molar-refractivity contribution is 0.0793. The zero-order valence-corrected chi connectivity index (χ0v) is 13.4. The largest absolute Gasteiger partial charge is 0.376 e. The maximum atomic E-state index is 11.5. The molecule has 4 nitrogen and oxygen atoms in total. The minimum atomic E-state index is -3.12. The molecule has 0 radical (unpaired) electrons. The number of sulfone groups is 1. The summed E-state index contributed by atoms with van der Waals surface area (Å²) in [6.07, 6.45) is 5.25. The Morgan fingerprint density at radius 3 is 2.43 bits per heavy atom. The summed E-state index contributed by atoms with van der Waals surface area (Å²) in [5.41, 5.74) is 1.11. The topological polar surface area (TPSA) is 55.4 Å². The molecule has 5 heteroatoms. The van der Waals surface area contributed by atoms with Gasteiger partial charge in [-0.15, -0.1) is 0 Å². The lowest BCUT2D eigenvalue weighted by Crippen LogP contribution is -2.39. The summed E-state index contributed by atoms with van der Waals surface area (Å²) >= 11 is 0. The summed E-state index contributed by atoms with van der Waals surface area (Å²) in [7, 11) is -3.12. The van der Waals surface area contributed by atoms with Crippen LogP contribution >= 0.6 is 0 Å². The van der Waals surface area contributed by atoms with Gasteiger partial charge in [0.2, 0.25) is 0 Å². The Balaban J connectivity index is 1.66. The Bertz CT molecular complexity index is 592. The van der Waals surface area contributed by atoms with Gasteiger partial charge in [-0.2, -0.15) is 0 Å². The Morgan fingerprint density at radius 2 is 1.86 bits per heavy atom. The molecule has 1 aliphatic carbocycles. The molecule has 1 aliphatic heterocycles. The predicted octanol–water partition coefficient (Wildman–Crippen LogP) is 2.31. The van der Waals surface area contributed by atoms with Gasteiger partial charge in [0.25, 0.3) is 0 Å². The Morgan fingerprint density at radius 1 is 1.19 bits per heavy atom. The van der Waals surface area contributed by atoms with Crippen LogP contribution < -0.4 is 5.32 Å². The SMILES string of the molecule is CC(NC1CCOC1C1CC1)c1ccc(S(C)(=O)=O)cc1. The fraction of sp³-hybridized carbons (Fsp3) is 0.625. The monoisotopic (exact) mass is 309 g/mol. The Hall–Kier alpha value is -0.910. The molecule has 0 bridgehead atoms. The molecule has 3 unspecified atom stereocenters. The molecule has 1 aromatic rings. The van der Waals surface area contributed by atoms with E-state index in [4.69, 9.17) is 4.74 Å². The van der Waals surface area contributed by atoms with Gasteiger partial charge in [-0.05, 0) is 49.8 Å². The van der Waals surface area contributed by atoms with Gasteiger partial charge < -0.3 is 10.1 Å². The maximum absolute atomic E-state index is 11.5. The highest BCUT2D eigenvalue weighted by Gasteiger charge is 2.40.